The van der Waals surface area contributed by atoms with E-state index in [4.69, 9.17) is 9.05 Å². The zero-order valence-electron chi connectivity index (χ0n) is 12.0. The fraction of sp³-hybridized carbons (Fsp3) is 0.625. The largest absolute Gasteiger partial charge is 0.341 e. The van der Waals surface area contributed by atoms with Crippen LogP contribution >= 0.6 is 7.60 Å². The van der Waals surface area contributed by atoms with Crippen LogP contribution in [0.15, 0.2) is 30.3 Å². The van der Waals surface area contributed by atoms with Gasteiger partial charge in [0.2, 0.25) is 0 Å². The van der Waals surface area contributed by atoms with Gasteiger partial charge in [0, 0.05) is 14.2 Å². The molecule has 2 bridgehead atoms. The monoisotopic (exact) mass is 292 g/mol. The fourth-order valence-electron chi connectivity index (χ4n) is 5.43. The Balaban J connectivity index is 1.87. The highest BCUT2D eigenvalue weighted by molar-refractivity contribution is 7.55. The smallest absolute Gasteiger partial charge is 0.311 e. The molecule has 0 heterocycles. The van der Waals surface area contributed by atoms with Gasteiger partial charge in [0.25, 0.3) is 0 Å². The summed E-state index contributed by atoms with van der Waals surface area (Å²) in [4.78, 5) is 0. The lowest BCUT2D eigenvalue weighted by Gasteiger charge is -2.30. The van der Waals surface area contributed by atoms with E-state index in [1.54, 1.807) is 0 Å². The SMILES string of the molecule is COP(=O)(OC)C1(c2ccccc2)[C@@H]2[C@@H]3CC[C@H](C3)[C@H]21. The first-order valence-electron chi connectivity index (χ1n) is 7.46. The van der Waals surface area contributed by atoms with Crippen molar-refractivity contribution in [2.75, 3.05) is 14.2 Å². The Kier molecular flexibility index (Phi) is 2.74. The molecule has 0 aromatic heterocycles. The second-order valence-corrected chi connectivity index (χ2v) is 8.90. The summed E-state index contributed by atoms with van der Waals surface area (Å²) in [5, 5.41) is -0.373. The van der Waals surface area contributed by atoms with Gasteiger partial charge in [-0.05, 0) is 48.5 Å². The quantitative estimate of drug-likeness (QED) is 0.786. The second kappa shape index (κ2) is 4.19. The number of benzene rings is 1. The fourth-order valence-corrected chi connectivity index (χ4v) is 8.05. The molecule has 0 aliphatic heterocycles. The Morgan fingerprint density at radius 3 is 2.10 bits per heavy atom. The molecule has 3 nitrogen and oxygen atoms in total. The van der Waals surface area contributed by atoms with E-state index in [0.717, 1.165) is 5.56 Å². The van der Waals surface area contributed by atoms with E-state index >= 15 is 0 Å². The minimum atomic E-state index is -3.11. The summed E-state index contributed by atoms with van der Waals surface area (Å²) in [5.41, 5.74) is 1.15. The lowest BCUT2D eigenvalue weighted by Crippen LogP contribution is -2.20. The molecule has 3 aliphatic carbocycles. The summed E-state index contributed by atoms with van der Waals surface area (Å²) in [6.45, 7) is 0. The van der Waals surface area contributed by atoms with E-state index in [0.29, 0.717) is 23.7 Å². The molecule has 108 valence electrons. The van der Waals surface area contributed by atoms with Crippen LogP contribution in [0.5, 0.6) is 0 Å². The Bertz CT molecular complexity index is 546. The first kappa shape index (κ1) is 13.1. The van der Waals surface area contributed by atoms with Gasteiger partial charge in [-0.25, -0.2) is 0 Å². The third-order valence-corrected chi connectivity index (χ3v) is 8.72. The van der Waals surface area contributed by atoms with Gasteiger partial charge in [0.15, 0.2) is 0 Å². The van der Waals surface area contributed by atoms with Crippen LogP contribution in [0, 0.1) is 23.7 Å². The molecule has 1 aromatic carbocycles. The Labute approximate surface area is 120 Å². The second-order valence-electron chi connectivity index (χ2n) is 6.44. The molecule has 0 saturated heterocycles. The van der Waals surface area contributed by atoms with Crippen molar-refractivity contribution in [3.8, 4) is 0 Å². The van der Waals surface area contributed by atoms with Gasteiger partial charge >= 0.3 is 7.60 Å². The molecule has 1 aromatic rings. The van der Waals surface area contributed by atoms with Gasteiger partial charge in [0.05, 0.1) is 0 Å². The third kappa shape index (κ3) is 1.32. The van der Waals surface area contributed by atoms with Crippen LogP contribution < -0.4 is 0 Å². The molecular formula is C16H21O3P. The highest BCUT2D eigenvalue weighted by Crippen LogP contribution is 2.89. The normalized spacial score (nSPS) is 41.7. The Hall–Kier alpha value is -0.630. The zero-order valence-corrected chi connectivity index (χ0v) is 12.9. The van der Waals surface area contributed by atoms with Crippen molar-refractivity contribution in [2.45, 2.75) is 24.4 Å². The van der Waals surface area contributed by atoms with Crippen molar-refractivity contribution in [1.29, 1.82) is 0 Å². The van der Waals surface area contributed by atoms with Crippen LogP contribution in [0.25, 0.3) is 0 Å². The summed E-state index contributed by atoms with van der Waals surface area (Å²) in [6.07, 6.45) is 3.89. The average Bonchev–Trinajstić information content (AvgIpc) is 2.84. The number of hydrogen-bond donors (Lipinski definition) is 0. The van der Waals surface area contributed by atoms with Crippen molar-refractivity contribution < 1.29 is 13.6 Å². The Morgan fingerprint density at radius 2 is 1.60 bits per heavy atom. The van der Waals surface area contributed by atoms with E-state index in [1.807, 2.05) is 18.2 Å². The predicted octanol–water partition coefficient (Wildman–Crippen LogP) is 4.04. The molecule has 4 heteroatoms. The molecule has 20 heavy (non-hydrogen) atoms. The van der Waals surface area contributed by atoms with Crippen LogP contribution in [-0.4, -0.2) is 14.2 Å². The summed E-state index contributed by atoms with van der Waals surface area (Å²) in [6, 6.07) is 10.3. The summed E-state index contributed by atoms with van der Waals surface area (Å²) in [5.74, 6) is 2.41. The molecule has 3 saturated carbocycles. The third-order valence-electron chi connectivity index (χ3n) is 5.99. The molecular weight excluding hydrogens is 271 g/mol. The maximum atomic E-state index is 13.3. The molecule has 0 N–H and O–H groups in total. The van der Waals surface area contributed by atoms with E-state index in [-0.39, 0.29) is 5.16 Å². The van der Waals surface area contributed by atoms with Crippen LogP contribution in [0.3, 0.4) is 0 Å². The van der Waals surface area contributed by atoms with Crippen molar-refractivity contribution >= 4 is 7.60 Å². The van der Waals surface area contributed by atoms with Gasteiger partial charge in [-0.1, -0.05) is 30.3 Å². The first-order chi connectivity index (χ1) is 9.69. The lowest BCUT2D eigenvalue weighted by molar-refractivity contribution is 0.250. The van der Waals surface area contributed by atoms with Crippen LogP contribution in [-0.2, 0) is 18.8 Å². The van der Waals surface area contributed by atoms with Gasteiger partial charge < -0.3 is 9.05 Å². The molecule has 0 amide bonds. The van der Waals surface area contributed by atoms with E-state index < -0.39 is 7.60 Å². The molecule has 4 rings (SSSR count). The van der Waals surface area contributed by atoms with Crippen molar-refractivity contribution in [1.82, 2.24) is 0 Å². The molecule has 3 fully saturated rings. The minimum Gasteiger partial charge on any atom is -0.311 e. The molecule has 3 aliphatic rings. The number of fused-ring (bicyclic) bond motifs is 5. The van der Waals surface area contributed by atoms with Gasteiger partial charge in [-0.3, -0.25) is 4.57 Å². The highest BCUT2D eigenvalue weighted by atomic mass is 31.2. The van der Waals surface area contributed by atoms with E-state index in [1.165, 1.54) is 33.5 Å². The van der Waals surface area contributed by atoms with Crippen LogP contribution in [0.4, 0.5) is 0 Å². The first-order valence-corrected chi connectivity index (χ1v) is 9.00. The summed E-state index contributed by atoms with van der Waals surface area (Å²) >= 11 is 0. The maximum Gasteiger partial charge on any atom is 0.341 e. The highest BCUT2D eigenvalue weighted by Gasteiger charge is 2.82. The number of rotatable bonds is 4. The van der Waals surface area contributed by atoms with Gasteiger partial charge in [-0.15, -0.1) is 0 Å². The van der Waals surface area contributed by atoms with Crippen molar-refractivity contribution in [3.05, 3.63) is 35.9 Å². The maximum absolute atomic E-state index is 13.3. The number of hydrogen-bond acceptors (Lipinski definition) is 3. The topological polar surface area (TPSA) is 35.5 Å². The van der Waals surface area contributed by atoms with Crippen molar-refractivity contribution in [2.24, 2.45) is 23.7 Å². The standard InChI is InChI=1S/C16H21O3P/c1-18-20(17,19-2)16(13-6-4-3-5-7-13)14-11-8-9-12(10-11)15(14)16/h3-7,11-12,14-15H,8-10H2,1-2H3/t11-,12-,14-,15-/m1/s1. The predicted molar refractivity (Wildman–Crippen MR) is 77.6 cm³/mol. The Morgan fingerprint density at radius 1 is 1.05 bits per heavy atom. The summed E-state index contributed by atoms with van der Waals surface area (Å²) in [7, 11) is -0.0418. The molecule has 0 spiro atoms. The van der Waals surface area contributed by atoms with Gasteiger partial charge in [-0.2, -0.15) is 0 Å². The minimum absolute atomic E-state index is 0.373. The molecule has 0 unspecified atom stereocenters. The van der Waals surface area contributed by atoms with Crippen LogP contribution in [0.2, 0.25) is 0 Å². The average molecular weight is 292 g/mol. The van der Waals surface area contributed by atoms with Crippen LogP contribution in [0.1, 0.15) is 24.8 Å². The van der Waals surface area contributed by atoms with Crippen molar-refractivity contribution in [3.63, 3.8) is 0 Å². The van der Waals surface area contributed by atoms with Gasteiger partial charge in [0.1, 0.15) is 5.16 Å². The zero-order chi connectivity index (χ0) is 14.0. The molecule has 0 radical (unpaired) electrons. The lowest BCUT2D eigenvalue weighted by atomic mass is 9.96. The van der Waals surface area contributed by atoms with E-state index in [9.17, 15) is 4.57 Å². The van der Waals surface area contributed by atoms with E-state index in [2.05, 4.69) is 12.1 Å². The molecule has 4 atom stereocenters. The summed E-state index contributed by atoms with van der Waals surface area (Å²) < 4.78 is 24.2.